The molecule has 0 saturated heterocycles. The first-order valence-electron chi connectivity index (χ1n) is 6.50. The lowest BCUT2D eigenvalue weighted by molar-refractivity contribution is -0.117. The van der Waals surface area contributed by atoms with E-state index in [-0.39, 0.29) is 11.9 Å². The van der Waals surface area contributed by atoms with Gasteiger partial charge in [-0.3, -0.25) is 9.48 Å². The van der Waals surface area contributed by atoms with E-state index in [4.69, 9.17) is 5.73 Å². The number of nitrogens with two attached hydrogens (primary N) is 1. The van der Waals surface area contributed by atoms with E-state index in [2.05, 4.69) is 24.3 Å². The Bertz CT molecular complexity index is 423. The van der Waals surface area contributed by atoms with Gasteiger partial charge in [0.05, 0.1) is 23.1 Å². The summed E-state index contributed by atoms with van der Waals surface area (Å²) in [6.45, 7) is 10.00. The monoisotopic (exact) mass is 252 g/mol. The molecule has 0 bridgehead atoms. The van der Waals surface area contributed by atoms with Gasteiger partial charge in [0.15, 0.2) is 0 Å². The Morgan fingerprint density at radius 3 is 2.50 bits per heavy atom. The van der Waals surface area contributed by atoms with Crippen LogP contribution in [-0.4, -0.2) is 21.7 Å². The number of nitrogens with zero attached hydrogens (tertiary/aromatic N) is 2. The van der Waals surface area contributed by atoms with Gasteiger partial charge in [0.25, 0.3) is 0 Å². The standard InChI is InChI=1S/C13H24N4O/c1-6-7-11(14)13(18)15-12-9(4)16-17(8(2)3)10(12)5/h8,11H,6-7,14H2,1-5H3,(H,15,18)/t11-/m1/s1. The molecular formula is C13H24N4O. The van der Waals surface area contributed by atoms with Gasteiger partial charge in [0.2, 0.25) is 5.91 Å². The molecular weight excluding hydrogens is 228 g/mol. The Balaban J connectivity index is 2.88. The molecule has 0 aliphatic rings. The van der Waals surface area contributed by atoms with Crippen LogP contribution in [0, 0.1) is 13.8 Å². The molecule has 5 nitrogen and oxygen atoms in total. The van der Waals surface area contributed by atoms with Gasteiger partial charge in [0, 0.05) is 6.04 Å². The topological polar surface area (TPSA) is 72.9 Å². The maximum absolute atomic E-state index is 11.9. The number of aromatic nitrogens is 2. The molecule has 0 aliphatic carbocycles. The number of carbonyl (C=O) groups excluding carboxylic acids is 1. The van der Waals surface area contributed by atoms with Gasteiger partial charge < -0.3 is 11.1 Å². The van der Waals surface area contributed by atoms with Gasteiger partial charge in [-0.1, -0.05) is 13.3 Å². The molecule has 0 radical (unpaired) electrons. The first-order valence-corrected chi connectivity index (χ1v) is 6.50. The summed E-state index contributed by atoms with van der Waals surface area (Å²) in [4.78, 5) is 11.9. The molecule has 18 heavy (non-hydrogen) atoms. The van der Waals surface area contributed by atoms with Crippen molar-refractivity contribution < 1.29 is 4.79 Å². The van der Waals surface area contributed by atoms with Crippen LogP contribution in [0.1, 0.15) is 51.0 Å². The predicted molar refractivity (Wildman–Crippen MR) is 73.6 cm³/mol. The highest BCUT2D eigenvalue weighted by Crippen LogP contribution is 2.22. The average Bonchev–Trinajstić information content (AvgIpc) is 2.57. The van der Waals surface area contributed by atoms with Crippen LogP contribution in [0.5, 0.6) is 0 Å². The number of carbonyl (C=O) groups is 1. The van der Waals surface area contributed by atoms with Crippen LogP contribution in [0.25, 0.3) is 0 Å². The van der Waals surface area contributed by atoms with Gasteiger partial charge in [-0.25, -0.2) is 0 Å². The van der Waals surface area contributed by atoms with Crippen molar-refractivity contribution in [2.45, 2.75) is 59.5 Å². The average molecular weight is 252 g/mol. The van der Waals surface area contributed by atoms with Crippen LogP contribution in [0.4, 0.5) is 5.69 Å². The van der Waals surface area contributed by atoms with Crippen molar-refractivity contribution >= 4 is 11.6 Å². The Labute approximate surface area is 109 Å². The summed E-state index contributed by atoms with van der Waals surface area (Å²) in [5, 5.41) is 7.32. The zero-order chi connectivity index (χ0) is 13.9. The van der Waals surface area contributed by atoms with Gasteiger partial charge in [0.1, 0.15) is 0 Å². The number of anilines is 1. The van der Waals surface area contributed by atoms with Crippen molar-refractivity contribution in [2.75, 3.05) is 5.32 Å². The van der Waals surface area contributed by atoms with Gasteiger partial charge >= 0.3 is 0 Å². The fraction of sp³-hybridized carbons (Fsp3) is 0.692. The molecule has 0 saturated carbocycles. The summed E-state index contributed by atoms with van der Waals surface area (Å²) in [7, 11) is 0. The number of rotatable bonds is 5. The van der Waals surface area contributed by atoms with Crippen LogP contribution in [0.3, 0.4) is 0 Å². The molecule has 102 valence electrons. The van der Waals surface area contributed by atoms with E-state index in [0.717, 1.165) is 23.5 Å². The zero-order valence-electron chi connectivity index (χ0n) is 11.9. The van der Waals surface area contributed by atoms with Crippen molar-refractivity contribution in [1.29, 1.82) is 0 Å². The summed E-state index contributed by atoms with van der Waals surface area (Å²) in [6, 6.07) is -0.171. The summed E-state index contributed by atoms with van der Waals surface area (Å²) >= 11 is 0. The van der Waals surface area contributed by atoms with E-state index in [9.17, 15) is 4.79 Å². The third kappa shape index (κ3) is 3.10. The summed E-state index contributed by atoms with van der Waals surface area (Å²) < 4.78 is 1.91. The molecule has 1 atom stereocenters. The quantitative estimate of drug-likeness (QED) is 0.843. The van der Waals surface area contributed by atoms with Crippen molar-refractivity contribution in [1.82, 2.24) is 9.78 Å². The van der Waals surface area contributed by atoms with Gasteiger partial charge in [-0.2, -0.15) is 5.10 Å². The minimum absolute atomic E-state index is 0.133. The van der Waals surface area contributed by atoms with Crippen molar-refractivity contribution in [3.05, 3.63) is 11.4 Å². The number of hydrogen-bond donors (Lipinski definition) is 2. The highest BCUT2D eigenvalue weighted by Gasteiger charge is 2.18. The lowest BCUT2D eigenvalue weighted by Crippen LogP contribution is -2.35. The lowest BCUT2D eigenvalue weighted by Gasteiger charge is -2.12. The molecule has 3 N–H and O–H groups in total. The van der Waals surface area contributed by atoms with E-state index in [1.54, 1.807) is 0 Å². The number of amides is 1. The van der Waals surface area contributed by atoms with E-state index in [0.29, 0.717) is 6.42 Å². The Kier molecular flexibility index (Phi) is 4.90. The van der Waals surface area contributed by atoms with Crippen LogP contribution >= 0.6 is 0 Å². The highest BCUT2D eigenvalue weighted by atomic mass is 16.2. The van der Waals surface area contributed by atoms with E-state index >= 15 is 0 Å². The summed E-state index contributed by atoms with van der Waals surface area (Å²) in [6.07, 6.45) is 1.60. The van der Waals surface area contributed by atoms with E-state index in [1.807, 2.05) is 25.5 Å². The third-order valence-corrected chi connectivity index (χ3v) is 3.00. The zero-order valence-corrected chi connectivity index (χ0v) is 11.9. The Morgan fingerprint density at radius 1 is 1.44 bits per heavy atom. The Morgan fingerprint density at radius 2 is 2.06 bits per heavy atom. The molecule has 1 aromatic rings. The molecule has 1 amide bonds. The first kappa shape index (κ1) is 14.7. The van der Waals surface area contributed by atoms with Crippen LogP contribution in [0.15, 0.2) is 0 Å². The van der Waals surface area contributed by atoms with Crippen LogP contribution < -0.4 is 11.1 Å². The SMILES string of the molecule is CCC[C@@H](N)C(=O)Nc1c(C)nn(C(C)C)c1C. The van der Waals surface area contributed by atoms with Crippen LogP contribution in [-0.2, 0) is 4.79 Å². The third-order valence-electron chi connectivity index (χ3n) is 3.00. The van der Waals surface area contributed by atoms with Crippen LogP contribution in [0.2, 0.25) is 0 Å². The maximum atomic E-state index is 11.9. The number of aryl methyl sites for hydroxylation is 1. The largest absolute Gasteiger partial charge is 0.322 e. The Hall–Kier alpha value is -1.36. The second kappa shape index (κ2) is 6.00. The van der Waals surface area contributed by atoms with E-state index in [1.165, 1.54) is 0 Å². The van der Waals surface area contributed by atoms with Gasteiger partial charge in [-0.05, 0) is 34.1 Å². The number of hydrogen-bond acceptors (Lipinski definition) is 3. The molecule has 0 aliphatic heterocycles. The molecule has 0 aromatic carbocycles. The predicted octanol–water partition coefficient (Wildman–Crippen LogP) is 2.15. The summed E-state index contributed by atoms with van der Waals surface area (Å²) in [5.74, 6) is -0.133. The molecule has 5 heteroatoms. The molecule has 0 fully saturated rings. The second-order valence-corrected chi connectivity index (χ2v) is 4.97. The normalized spacial score (nSPS) is 12.8. The molecule has 0 spiro atoms. The fourth-order valence-electron chi connectivity index (χ4n) is 2.00. The molecule has 0 unspecified atom stereocenters. The molecule has 1 rings (SSSR count). The maximum Gasteiger partial charge on any atom is 0.241 e. The minimum atomic E-state index is -0.448. The molecule has 1 heterocycles. The first-order chi connectivity index (χ1) is 8.38. The molecule has 1 aromatic heterocycles. The number of nitrogens with one attached hydrogen (secondary N) is 1. The second-order valence-electron chi connectivity index (χ2n) is 4.97. The van der Waals surface area contributed by atoms with Crippen molar-refractivity contribution in [3.8, 4) is 0 Å². The lowest BCUT2D eigenvalue weighted by atomic mass is 10.1. The fourth-order valence-corrected chi connectivity index (χ4v) is 2.00. The smallest absolute Gasteiger partial charge is 0.241 e. The highest BCUT2D eigenvalue weighted by molar-refractivity contribution is 5.95. The minimum Gasteiger partial charge on any atom is -0.322 e. The van der Waals surface area contributed by atoms with E-state index < -0.39 is 6.04 Å². The summed E-state index contributed by atoms with van der Waals surface area (Å²) in [5.41, 5.74) is 8.40. The van der Waals surface area contributed by atoms with Crippen molar-refractivity contribution in [2.24, 2.45) is 5.73 Å². The van der Waals surface area contributed by atoms with Crippen molar-refractivity contribution in [3.63, 3.8) is 0 Å². The van der Waals surface area contributed by atoms with Gasteiger partial charge in [-0.15, -0.1) is 0 Å².